The molecule has 0 saturated carbocycles. The fraction of sp³-hybridized carbons (Fsp3) is 0.435. The zero-order chi connectivity index (χ0) is 19.1. The predicted octanol–water partition coefficient (Wildman–Crippen LogP) is 5.18. The van der Waals surface area contributed by atoms with E-state index in [0.29, 0.717) is 11.4 Å². The van der Waals surface area contributed by atoms with E-state index in [9.17, 15) is 4.79 Å². The minimum atomic E-state index is 0.225. The van der Waals surface area contributed by atoms with Crippen LogP contribution < -0.4 is 4.90 Å². The Morgan fingerprint density at radius 3 is 2.37 bits per heavy atom. The normalized spacial score (nSPS) is 15.6. The summed E-state index contributed by atoms with van der Waals surface area (Å²) < 4.78 is 0. The molecule has 27 heavy (non-hydrogen) atoms. The topological polar surface area (TPSA) is 23.6 Å². The van der Waals surface area contributed by atoms with Crippen molar-refractivity contribution >= 4 is 23.2 Å². The lowest BCUT2D eigenvalue weighted by molar-refractivity contribution is -0.119. The van der Waals surface area contributed by atoms with Crippen LogP contribution in [0.1, 0.15) is 38.2 Å². The average molecular weight is 385 g/mol. The third-order valence-electron chi connectivity index (χ3n) is 5.32. The van der Waals surface area contributed by atoms with E-state index < -0.39 is 0 Å². The highest BCUT2D eigenvalue weighted by Gasteiger charge is 2.28. The van der Waals surface area contributed by atoms with E-state index >= 15 is 0 Å². The molecule has 2 aromatic rings. The van der Waals surface area contributed by atoms with Gasteiger partial charge in [0.05, 0.1) is 0 Å². The molecule has 0 spiro atoms. The van der Waals surface area contributed by atoms with Gasteiger partial charge in [-0.25, -0.2) is 0 Å². The molecule has 1 aliphatic rings. The van der Waals surface area contributed by atoms with Gasteiger partial charge in [-0.1, -0.05) is 48.9 Å². The molecule has 0 aliphatic carbocycles. The fourth-order valence-electron chi connectivity index (χ4n) is 3.83. The maximum Gasteiger partial charge on any atom is 0.227 e. The van der Waals surface area contributed by atoms with Gasteiger partial charge in [-0.2, -0.15) is 0 Å². The molecule has 3 rings (SSSR count). The van der Waals surface area contributed by atoms with Crippen molar-refractivity contribution in [2.24, 2.45) is 0 Å². The van der Waals surface area contributed by atoms with Crippen LogP contribution in [0.4, 0.5) is 5.69 Å². The van der Waals surface area contributed by atoms with E-state index in [4.69, 9.17) is 11.6 Å². The quantitative estimate of drug-likeness (QED) is 0.656. The van der Waals surface area contributed by atoms with Crippen LogP contribution in [0.15, 0.2) is 54.6 Å². The van der Waals surface area contributed by atoms with Gasteiger partial charge in [0, 0.05) is 42.8 Å². The molecule has 0 radical (unpaired) electrons. The van der Waals surface area contributed by atoms with E-state index in [2.05, 4.69) is 42.2 Å². The monoisotopic (exact) mass is 384 g/mol. The molecular formula is C23H29ClN2O. The van der Waals surface area contributed by atoms with Crippen LogP contribution in [0, 0.1) is 0 Å². The fourth-order valence-corrected chi connectivity index (χ4v) is 3.95. The van der Waals surface area contributed by atoms with E-state index in [0.717, 1.165) is 51.0 Å². The Hall–Kier alpha value is -1.84. The van der Waals surface area contributed by atoms with Crippen LogP contribution in [0.25, 0.3) is 0 Å². The number of piperidine rings is 1. The van der Waals surface area contributed by atoms with E-state index in [1.165, 1.54) is 5.56 Å². The Bertz CT molecular complexity index is 709. The van der Waals surface area contributed by atoms with Crippen LogP contribution in [0.3, 0.4) is 0 Å². The number of hydrogen-bond acceptors (Lipinski definition) is 2. The molecule has 1 fully saturated rings. The number of carbonyl (C=O) groups is 1. The number of anilines is 1. The highest BCUT2D eigenvalue weighted by molar-refractivity contribution is 6.30. The van der Waals surface area contributed by atoms with Gasteiger partial charge in [0.2, 0.25) is 5.91 Å². The summed E-state index contributed by atoms with van der Waals surface area (Å²) >= 11 is 6.04. The molecule has 2 aromatic carbocycles. The highest BCUT2D eigenvalue weighted by atomic mass is 35.5. The number of likely N-dealkylation sites (tertiary alicyclic amines) is 1. The van der Waals surface area contributed by atoms with Gasteiger partial charge < -0.3 is 9.80 Å². The second-order valence-electron chi connectivity index (χ2n) is 7.30. The second kappa shape index (κ2) is 9.91. The SMILES string of the molecule is CCCC(=O)N(c1ccc(Cl)cc1)C1CCN(CCc2ccccc2)CC1. The number of hydrogen-bond donors (Lipinski definition) is 0. The van der Waals surface area contributed by atoms with Crippen LogP contribution in [-0.2, 0) is 11.2 Å². The maximum absolute atomic E-state index is 12.8. The Morgan fingerprint density at radius 2 is 1.74 bits per heavy atom. The summed E-state index contributed by atoms with van der Waals surface area (Å²) in [5, 5.41) is 0.706. The van der Waals surface area contributed by atoms with Crippen molar-refractivity contribution in [3.05, 3.63) is 65.2 Å². The summed E-state index contributed by atoms with van der Waals surface area (Å²) in [5.41, 5.74) is 2.36. The Kier molecular flexibility index (Phi) is 7.31. The first-order chi connectivity index (χ1) is 13.2. The van der Waals surface area contributed by atoms with Gasteiger partial charge in [0.1, 0.15) is 0 Å². The standard InChI is InChI=1S/C23H29ClN2O/c1-2-6-23(27)26(21-11-9-20(24)10-12-21)22-14-17-25(18-15-22)16-13-19-7-4-3-5-8-19/h3-5,7-12,22H,2,6,13-18H2,1H3. The van der Waals surface area contributed by atoms with Crippen molar-refractivity contribution in [2.45, 2.75) is 45.1 Å². The van der Waals surface area contributed by atoms with E-state index in [-0.39, 0.29) is 11.9 Å². The lowest BCUT2D eigenvalue weighted by atomic mass is 10.0. The predicted molar refractivity (Wildman–Crippen MR) is 113 cm³/mol. The number of carbonyl (C=O) groups excluding carboxylic acids is 1. The lowest BCUT2D eigenvalue weighted by Crippen LogP contribution is -2.48. The zero-order valence-corrected chi connectivity index (χ0v) is 16.9. The largest absolute Gasteiger partial charge is 0.309 e. The summed E-state index contributed by atoms with van der Waals surface area (Å²) in [4.78, 5) is 17.3. The highest BCUT2D eigenvalue weighted by Crippen LogP contribution is 2.26. The molecule has 4 heteroatoms. The van der Waals surface area contributed by atoms with Gasteiger partial charge in [-0.15, -0.1) is 0 Å². The van der Waals surface area contributed by atoms with Gasteiger partial charge >= 0.3 is 0 Å². The number of benzene rings is 2. The van der Waals surface area contributed by atoms with Crippen molar-refractivity contribution in [1.82, 2.24) is 4.90 Å². The minimum Gasteiger partial charge on any atom is -0.309 e. The third-order valence-corrected chi connectivity index (χ3v) is 5.57. The van der Waals surface area contributed by atoms with Gasteiger partial charge in [0.15, 0.2) is 0 Å². The number of amides is 1. The molecule has 1 aliphatic heterocycles. The maximum atomic E-state index is 12.8. The van der Waals surface area contributed by atoms with Crippen molar-refractivity contribution in [1.29, 1.82) is 0 Å². The minimum absolute atomic E-state index is 0.225. The Balaban J connectivity index is 1.60. The van der Waals surface area contributed by atoms with Crippen molar-refractivity contribution in [3.63, 3.8) is 0 Å². The summed E-state index contributed by atoms with van der Waals surface area (Å²) in [6.07, 6.45) is 4.59. The molecular weight excluding hydrogens is 356 g/mol. The number of rotatable bonds is 7. The smallest absolute Gasteiger partial charge is 0.227 e. The van der Waals surface area contributed by atoms with Gasteiger partial charge in [-0.05, 0) is 55.5 Å². The number of nitrogens with zero attached hydrogens (tertiary/aromatic N) is 2. The van der Waals surface area contributed by atoms with E-state index in [1.807, 2.05) is 29.2 Å². The van der Waals surface area contributed by atoms with Gasteiger partial charge in [-0.3, -0.25) is 4.79 Å². The van der Waals surface area contributed by atoms with E-state index in [1.54, 1.807) is 0 Å². The summed E-state index contributed by atoms with van der Waals surface area (Å²) in [7, 11) is 0. The summed E-state index contributed by atoms with van der Waals surface area (Å²) in [5.74, 6) is 0.225. The first kappa shape index (κ1) is 19.9. The molecule has 144 valence electrons. The van der Waals surface area contributed by atoms with Crippen LogP contribution >= 0.6 is 11.6 Å². The third kappa shape index (κ3) is 5.57. The molecule has 0 unspecified atom stereocenters. The summed E-state index contributed by atoms with van der Waals surface area (Å²) in [6, 6.07) is 18.6. The van der Waals surface area contributed by atoms with Gasteiger partial charge in [0.25, 0.3) is 0 Å². The molecule has 3 nitrogen and oxygen atoms in total. The number of halogens is 1. The van der Waals surface area contributed by atoms with Crippen LogP contribution in [0.5, 0.6) is 0 Å². The average Bonchev–Trinajstić information content (AvgIpc) is 2.70. The molecule has 0 bridgehead atoms. The Labute approximate surface area is 167 Å². The zero-order valence-electron chi connectivity index (χ0n) is 16.1. The lowest BCUT2D eigenvalue weighted by Gasteiger charge is -2.38. The molecule has 0 N–H and O–H groups in total. The van der Waals surface area contributed by atoms with Crippen LogP contribution in [0.2, 0.25) is 5.02 Å². The second-order valence-corrected chi connectivity index (χ2v) is 7.74. The Morgan fingerprint density at radius 1 is 1.07 bits per heavy atom. The molecule has 1 saturated heterocycles. The van der Waals surface area contributed by atoms with Crippen molar-refractivity contribution in [3.8, 4) is 0 Å². The molecule has 1 amide bonds. The van der Waals surface area contributed by atoms with Crippen molar-refractivity contribution in [2.75, 3.05) is 24.5 Å². The first-order valence-electron chi connectivity index (χ1n) is 10.0. The van der Waals surface area contributed by atoms with Crippen LogP contribution in [-0.4, -0.2) is 36.5 Å². The summed E-state index contributed by atoms with van der Waals surface area (Å²) in [6.45, 7) is 5.23. The first-order valence-corrected chi connectivity index (χ1v) is 10.4. The molecule has 0 aromatic heterocycles. The van der Waals surface area contributed by atoms with Crippen molar-refractivity contribution < 1.29 is 4.79 Å². The molecule has 1 heterocycles. The molecule has 0 atom stereocenters.